The maximum Gasteiger partial charge on any atom is 0.253 e. The van der Waals surface area contributed by atoms with Gasteiger partial charge < -0.3 is 16.4 Å². The average Bonchev–Trinajstić information content (AvgIpc) is 2.78. The lowest BCUT2D eigenvalue weighted by Crippen LogP contribution is -2.51. The van der Waals surface area contributed by atoms with Crippen LogP contribution >= 0.6 is 0 Å². The first-order valence-corrected chi connectivity index (χ1v) is 10.4. The quantitative estimate of drug-likeness (QED) is 0.276. The molecular weight excluding hydrogens is 428 g/mol. The third kappa shape index (κ3) is 6.57. The second-order valence-corrected chi connectivity index (χ2v) is 7.93. The Hall–Kier alpha value is -3.84. The molecule has 2 heterocycles. The number of anilines is 1. The fourth-order valence-corrected chi connectivity index (χ4v) is 3.63. The van der Waals surface area contributed by atoms with Gasteiger partial charge in [-0.05, 0) is 49.2 Å². The number of hydrogen-bond acceptors (Lipinski definition) is 6. The van der Waals surface area contributed by atoms with Crippen molar-refractivity contribution in [2.45, 2.75) is 31.3 Å². The van der Waals surface area contributed by atoms with E-state index in [0.717, 1.165) is 5.69 Å². The summed E-state index contributed by atoms with van der Waals surface area (Å²) in [6.07, 6.45) is 3.99. The molecule has 1 amide bonds. The Balaban J connectivity index is 1.66. The van der Waals surface area contributed by atoms with E-state index >= 15 is 0 Å². The summed E-state index contributed by atoms with van der Waals surface area (Å²) in [6, 6.07) is 10.6. The molecule has 1 fully saturated rings. The number of primary amides is 1. The molecule has 8 nitrogen and oxygen atoms in total. The van der Waals surface area contributed by atoms with Crippen molar-refractivity contribution in [1.29, 1.82) is 10.7 Å². The van der Waals surface area contributed by atoms with Crippen molar-refractivity contribution >= 4 is 17.4 Å². The Morgan fingerprint density at radius 3 is 2.45 bits per heavy atom. The third-order valence-corrected chi connectivity index (χ3v) is 5.58. The number of halogens is 2. The molecule has 33 heavy (non-hydrogen) atoms. The van der Waals surface area contributed by atoms with Crippen LogP contribution in [-0.2, 0) is 11.3 Å². The Morgan fingerprint density at radius 2 is 1.88 bits per heavy atom. The van der Waals surface area contributed by atoms with Crippen LogP contribution in [0.2, 0.25) is 0 Å². The molecular formula is C23H25F2N7O. The lowest BCUT2D eigenvalue weighted by molar-refractivity contribution is -0.114. The van der Waals surface area contributed by atoms with Crippen LogP contribution in [0, 0.1) is 28.4 Å². The van der Waals surface area contributed by atoms with Gasteiger partial charge in [0.05, 0.1) is 35.5 Å². The van der Waals surface area contributed by atoms with Gasteiger partial charge in [0.15, 0.2) is 0 Å². The summed E-state index contributed by atoms with van der Waals surface area (Å²) in [7, 11) is 0. The van der Waals surface area contributed by atoms with E-state index in [4.69, 9.17) is 11.1 Å². The number of piperidine rings is 1. The largest absolute Gasteiger partial charge is 0.384 e. The zero-order valence-electron chi connectivity index (χ0n) is 17.9. The third-order valence-electron chi connectivity index (χ3n) is 5.58. The number of nitrogens with two attached hydrogens (primary N) is 1. The molecule has 0 unspecified atom stereocenters. The highest BCUT2D eigenvalue weighted by Crippen LogP contribution is 2.27. The number of nitriles is 1. The maximum absolute atomic E-state index is 13.1. The maximum atomic E-state index is 13.1. The first-order valence-electron chi connectivity index (χ1n) is 10.4. The van der Waals surface area contributed by atoms with Gasteiger partial charge in [-0.1, -0.05) is 0 Å². The summed E-state index contributed by atoms with van der Waals surface area (Å²) < 4.78 is 26.2. The summed E-state index contributed by atoms with van der Waals surface area (Å²) in [5, 5.41) is 23.5. The van der Waals surface area contributed by atoms with Crippen LogP contribution in [0.3, 0.4) is 0 Å². The topological polar surface area (TPSA) is 131 Å². The highest BCUT2D eigenvalue weighted by Gasteiger charge is 2.34. The van der Waals surface area contributed by atoms with E-state index in [2.05, 4.69) is 26.6 Å². The zero-order chi connectivity index (χ0) is 23.8. The van der Waals surface area contributed by atoms with E-state index < -0.39 is 17.3 Å². The molecule has 5 N–H and O–H groups in total. The number of rotatable bonds is 8. The molecule has 10 heteroatoms. The van der Waals surface area contributed by atoms with Crippen LogP contribution in [0.4, 0.5) is 14.5 Å². The summed E-state index contributed by atoms with van der Waals surface area (Å²) >= 11 is 0. The lowest BCUT2D eigenvalue weighted by Gasteiger charge is -2.41. The lowest BCUT2D eigenvalue weighted by atomic mass is 9.84. The second kappa shape index (κ2) is 10.7. The number of carbonyl (C=O) groups is 1. The van der Waals surface area contributed by atoms with Crippen molar-refractivity contribution < 1.29 is 13.6 Å². The van der Waals surface area contributed by atoms with Gasteiger partial charge >= 0.3 is 0 Å². The van der Waals surface area contributed by atoms with E-state index in [0.29, 0.717) is 38.2 Å². The first kappa shape index (κ1) is 23.8. The van der Waals surface area contributed by atoms with Gasteiger partial charge in [0, 0.05) is 31.5 Å². The molecule has 0 radical (unpaired) electrons. The normalized spacial score (nSPS) is 16.0. The molecule has 1 aromatic heterocycles. The minimum atomic E-state index is -0.811. The van der Waals surface area contributed by atoms with E-state index in [9.17, 15) is 18.8 Å². The smallest absolute Gasteiger partial charge is 0.253 e. The second-order valence-electron chi connectivity index (χ2n) is 7.93. The number of amidine groups is 1. The van der Waals surface area contributed by atoms with Gasteiger partial charge in [-0.3, -0.25) is 20.1 Å². The van der Waals surface area contributed by atoms with Crippen LogP contribution in [-0.4, -0.2) is 40.3 Å². The van der Waals surface area contributed by atoms with Crippen molar-refractivity contribution in [3.8, 4) is 6.07 Å². The zero-order valence-corrected chi connectivity index (χ0v) is 17.9. The molecule has 0 atom stereocenters. The Kier molecular flexibility index (Phi) is 7.69. The number of nitrogens with zero attached hydrogens (tertiary/aromatic N) is 3. The van der Waals surface area contributed by atoms with Crippen LogP contribution in [0.5, 0.6) is 0 Å². The summed E-state index contributed by atoms with van der Waals surface area (Å²) in [5.74, 6) is -1.85. The minimum absolute atomic E-state index is 0.0884. The van der Waals surface area contributed by atoms with Gasteiger partial charge in [-0.25, -0.2) is 8.78 Å². The van der Waals surface area contributed by atoms with E-state index in [1.54, 1.807) is 6.07 Å². The predicted octanol–water partition coefficient (Wildman–Crippen LogP) is 2.66. The van der Waals surface area contributed by atoms with Crippen LogP contribution < -0.4 is 16.4 Å². The van der Waals surface area contributed by atoms with Crippen LogP contribution in [0.15, 0.2) is 54.4 Å². The van der Waals surface area contributed by atoms with Gasteiger partial charge in [0.1, 0.15) is 17.5 Å². The molecule has 0 saturated carbocycles. The Morgan fingerprint density at radius 1 is 1.21 bits per heavy atom. The minimum Gasteiger partial charge on any atom is -0.384 e. The number of likely N-dealkylation sites (tertiary alicyclic amines) is 1. The molecule has 2 aromatic rings. The Bertz CT molecular complexity index is 1050. The van der Waals surface area contributed by atoms with E-state index in [-0.39, 0.29) is 23.6 Å². The molecule has 1 aromatic carbocycles. The summed E-state index contributed by atoms with van der Waals surface area (Å²) in [4.78, 5) is 18.2. The SMILES string of the molecule is N#CCC1(N/C=C(\C(=N)Nc2ccc(F)cc2)C(N)=O)CCN(Cc2ccc(F)cn2)CC1. The van der Waals surface area contributed by atoms with Crippen molar-refractivity contribution in [2.24, 2.45) is 5.73 Å². The highest BCUT2D eigenvalue weighted by atomic mass is 19.1. The molecule has 1 aliphatic rings. The number of pyridine rings is 1. The van der Waals surface area contributed by atoms with Gasteiger partial charge in [-0.2, -0.15) is 5.26 Å². The molecule has 3 rings (SSSR count). The van der Waals surface area contributed by atoms with Crippen LogP contribution in [0.1, 0.15) is 25.0 Å². The van der Waals surface area contributed by atoms with E-state index in [1.165, 1.54) is 42.7 Å². The van der Waals surface area contributed by atoms with Crippen molar-refractivity contribution in [1.82, 2.24) is 15.2 Å². The number of nitrogens with one attached hydrogen (secondary N) is 3. The number of amides is 1. The number of carbonyl (C=O) groups excluding carboxylic acids is 1. The van der Waals surface area contributed by atoms with Gasteiger partial charge in [0.25, 0.3) is 5.91 Å². The van der Waals surface area contributed by atoms with Crippen molar-refractivity contribution in [2.75, 3.05) is 18.4 Å². The van der Waals surface area contributed by atoms with Gasteiger partial charge in [-0.15, -0.1) is 0 Å². The monoisotopic (exact) mass is 453 g/mol. The fraction of sp³-hybridized carbons (Fsp3) is 0.304. The fourth-order valence-electron chi connectivity index (χ4n) is 3.63. The van der Waals surface area contributed by atoms with Gasteiger partial charge in [0.2, 0.25) is 0 Å². The highest BCUT2D eigenvalue weighted by molar-refractivity contribution is 6.23. The number of hydrogen-bond donors (Lipinski definition) is 4. The molecule has 172 valence electrons. The first-order chi connectivity index (χ1) is 15.8. The molecule has 0 spiro atoms. The summed E-state index contributed by atoms with van der Waals surface area (Å²) in [6.45, 7) is 1.90. The average molecular weight is 453 g/mol. The van der Waals surface area contributed by atoms with E-state index in [1.807, 2.05) is 0 Å². The number of benzene rings is 1. The molecule has 0 aliphatic carbocycles. The Labute approximate surface area is 190 Å². The molecule has 1 aliphatic heterocycles. The molecule has 0 bridgehead atoms. The summed E-state index contributed by atoms with van der Waals surface area (Å²) in [5.41, 5.74) is 5.99. The molecule has 1 saturated heterocycles. The van der Waals surface area contributed by atoms with Crippen molar-refractivity contribution in [3.05, 3.63) is 71.7 Å². The predicted molar refractivity (Wildman–Crippen MR) is 120 cm³/mol. The van der Waals surface area contributed by atoms with Crippen LogP contribution in [0.25, 0.3) is 0 Å². The van der Waals surface area contributed by atoms with Crippen molar-refractivity contribution in [3.63, 3.8) is 0 Å². The number of aromatic nitrogens is 1. The standard InChI is InChI=1S/C23H25F2N7O/c24-16-1-4-18(5-2-16)31-21(27)20(22(28)33)14-30-23(7-10-26)8-11-32(12-9-23)15-19-6-3-17(25)13-29-19/h1-6,13-14,30H,7-9,11-12,15H2,(H2,27,31)(H2,28,33)/b20-14+.